The average molecular weight is 575 g/mol. The predicted octanol–water partition coefficient (Wildman–Crippen LogP) is 6.17. The van der Waals surface area contributed by atoms with Gasteiger partial charge in [0.2, 0.25) is 5.91 Å². The van der Waals surface area contributed by atoms with Crippen LogP contribution in [-0.4, -0.2) is 43.8 Å². The zero-order valence-corrected chi connectivity index (χ0v) is 25.1. The minimum Gasteiger partial charge on any atom is -0.407 e. The zero-order valence-electron chi connectivity index (χ0n) is 23.3. The maximum Gasteiger partial charge on any atom is 0.289 e. The summed E-state index contributed by atoms with van der Waals surface area (Å²) in [5, 5.41) is 11.6. The monoisotopic (exact) mass is 574 g/mol. The van der Waals surface area contributed by atoms with Crippen LogP contribution in [0.15, 0.2) is 59.5 Å². The Balaban J connectivity index is 2.24. The minimum atomic E-state index is -4.69. The molecule has 2 aromatic carbocycles. The van der Waals surface area contributed by atoms with Crippen molar-refractivity contribution < 1.29 is 27.4 Å². The number of ketones is 1. The second-order valence-corrected chi connectivity index (χ2v) is 18.0. The second-order valence-electron chi connectivity index (χ2n) is 11.5. The number of amides is 1. The standard InChI is InChI=1S/C28H38N2O7SSi/c1-28(2,3)39(4,5)37-25-20-23(21-14-8-6-9-15-21)29(27(32)19-11-7-10-17-24(25)31)38(35,36)26-18-13-12-16-22(26)30(33)34/h6,8-9,12-16,18,23,25H,7,10-11,17,19-20H2,1-5H3/t23-,25-/m1/s1. The number of para-hydroxylation sites is 1. The molecule has 0 saturated carbocycles. The van der Waals surface area contributed by atoms with Gasteiger partial charge in [0.05, 0.1) is 11.0 Å². The normalized spacial score (nSPS) is 20.4. The van der Waals surface area contributed by atoms with E-state index in [9.17, 15) is 28.1 Å². The summed E-state index contributed by atoms with van der Waals surface area (Å²) in [4.78, 5) is 37.7. The van der Waals surface area contributed by atoms with Gasteiger partial charge in [-0.05, 0) is 42.6 Å². The third-order valence-electron chi connectivity index (χ3n) is 7.67. The Morgan fingerprint density at radius 2 is 1.54 bits per heavy atom. The molecule has 1 aliphatic rings. The number of rotatable bonds is 6. The van der Waals surface area contributed by atoms with Crippen molar-refractivity contribution in [2.24, 2.45) is 0 Å². The van der Waals surface area contributed by atoms with Crippen LogP contribution in [0.2, 0.25) is 18.1 Å². The van der Waals surface area contributed by atoms with Gasteiger partial charge in [0.1, 0.15) is 6.10 Å². The van der Waals surface area contributed by atoms with E-state index in [1.165, 1.54) is 12.1 Å². The molecule has 0 aliphatic carbocycles. The molecule has 1 saturated heterocycles. The van der Waals surface area contributed by atoms with Gasteiger partial charge in [-0.1, -0.05) is 69.7 Å². The lowest BCUT2D eigenvalue weighted by molar-refractivity contribution is -0.387. The largest absolute Gasteiger partial charge is 0.407 e. The number of carbonyl (C=O) groups is 2. The molecule has 3 rings (SSSR count). The van der Waals surface area contributed by atoms with Crippen molar-refractivity contribution in [2.75, 3.05) is 0 Å². The number of benzene rings is 2. The van der Waals surface area contributed by atoms with Crippen LogP contribution in [0.5, 0.6) is 0 Å². The summed E-state index contributed by atoms with van der Waals surface area (Å²) in [5.74, 6) is -0.791. The third-order valence-corrected chi connectivity index (χ3v) is 14.0. The van der Waals surface area contributed by atoms with Gasteiger partial charge in [-0.25, -0.2) is 12.7 Å². The van der Waals surface area contributed by atoms with Crippen molar-refractivity contribution in [3.05, 3.63) is 70.3 Å². The lowest BCUT2D eigenvalue weighted by atomic mass is 9.97. The van der Waals surface area contributed by atoms with E-state index >= 15 is 0 Å². The van der Waals surface area contributed by atoms with E-state index in [0.29, 0.717) is 24.8 Å². The summed E-state index contributed by atoms with van der Waals surface area (Å²) in [7, 11) is -7.17. The number of nitro groups is 1. The number of hydrogen-bond acceptors (Lipinski definition) is 7. The van der Waals surface area contributed by atoms with E-state index in [1.54, 1.807) is 30.3 Å². The number of nitrogens with zero attached hydrogens (tertiary/aromatic N) is 2. The SMILES string of the molecule is CC(C)(C)[Si](C)(C)O[C@@H]1C[C@H](c2ccccc2)N(S(=O)(=O)c2ccccc2[N+](=O)[O-])C(=O)CCCCCC1=O. The molecule has 0 aromatic heterocycles. The van der Waals surface area contributed by atoms with Gasteiger partial charge in [-0.2, -0.15) is 0 Å². The summed E-state index contributed by atoms with van der Waals surface area (Å²) in [6.45, 7) is 10.2. The minimum absolute atomic E-state index is 0.0643. The van der Waals surface area contributed by atoms with Gasteiger partial charge in [0.25, 0.3) is 15.7 Å². The van der Waals surface area contributed by atoms with Gasteiger partial charge >= 0.3 is 0 Å². The molecule has 39 heavy (non-hydrogen) atoms. The van der Waals surface area contributed by atoms with Crippen LogP contribution in [0.25, 0.3) is 0 Å². The van der Waals surface area contributed by atoms with Gasteiger partial charge in [0, 0.05) is 25.3 Å². The first-order valence-electron chi connectivity index (χ1n) is 13.2. The first-order valence-corrected chi connectivity index (χ1v) is 17.6. The highest BCUT2D eigenvalue weighted by Gasteiger charge is 2.45. The van der Waals surface area contributed by atoms with Crippen molar-refractivity contribution in [1.29, 1.82) is 0 Å². The molecule has 212 valence electrons. The third kappa shape index (κ3) is 7.01. The Hall–Kier alpha value is -2.89. The number of hydrogen-bond donors (Lipinski definition) is 0. The van der Waals surface area contributed by atoms with Gasteiger partial charge in [0.15, 0.2) is 19.0 Å². The Labute approximate surface area is 231 Å². The molecule has 2 atom stereocenters. The number of Topliss-reactive ketones (excluding diaryl/α,β-unsaturated/α-hetero) is 1. The zero-order chi connectivity index (χ0) is 29.0. The van der Waals surface area contributed by atoms with Crippen LogP contribution in [0.1, 0.15) is 70.9 Å². The molecule has 9 nitrogen and oxygen atoms in total. The molecule has 1 aliphatic heterocycles. The van der Waals surface area contributed by atoms with Gasteiger partial charge in [-0.3, -0.25) is 19.7 Å². The van der Waals surface area contributed by atoms with Crippen molar-refractivity contribution in [3.63, 3.8) is 0 Å². The van der Waals surface area contributed by atoms with E-state index in [1.807, 2.05) is 13.1 Å². The summed E-state index contributed by atoms with van der Waals surface area (Å²) in [6.07, 6.45) is 0.712. The summed E-state index contributed by atoms with van der Waals surface area (Å²) in [5.41, 5.74) is -0.111. The molecule has 0 N–H and O–H groups in total. The average Bonchev–Trinajstić information content (AvgIpc) is 2.89. The first kappa shape index (κ1) is 30.6. The smallest absolute Gasteiger partial charge is 0.289 e. The Bertz CT molecular complexity index is 1310. The maximum absolute atomic E-state index is 14.2. The Morgan fingerprint density at radius 3 is 2.15 bits per heavy atom. The second kappa shape index (κ2) is 12.1. The van der Waals surface area contributed by atoms with Crippen molar-refractivity contribution in [1.82, 2.24) is 4.31 Å². The highest BCUT2D eigenvalue weighted by Crippen LogP contribution is 2.41. The van der Waals surface area contributed by atoms with Crippen LogP contribution in [0, 0.1) is 10.1 Å². The maximum atomic E-state index is 14.2. The van der Waals surface area contributed by atoms with Crippen LogP contribution in [-0.2, 0) is 24.0 Å². The van der Waals surface area contributed by atoms with Gasteiger partial charge < -0.3 is 4.43 Å². The fraction of sp³-hybridized carbons (Fsp3) is 0.500. The first-order chi connectivity index (χ1) is 18.2. The fourth-order valence-electron chi connectivity index (χ4n) is 4.45. The molecule has 11 heteroatoms. The van der Waals surface area contributed by atoms with E-state index in [2.05, 4.69) is 20.8 Å². The fourth-order valence-corrected chi connectivity index (χ4v) is 7.52. The number of nitro benzene ring substituents is 1. The molecular formula is C28H38N2O7SSi. The van der Waals surface area contributed by atoms with Crippen LogP contribution in [0.4, 0.5) is 5.69 Å². The van der Waals surface area contributed by atoms with E-state index < -0.39 is 51.9 Å². The van der Waals surface area contributed by atoms with Crippen LogP contribution in [0.3, 0.4) is 0 Å². The predicted molar refractivity (Wildman–Crippen MR) is 151 cm³/mol. The summed E-state index contributed by atoms with van der Waals surface area (Å²) in [6, 6.07) is 12.5. The highest BCUT2D eigenvalue weighted by molar-refractivity contribution is 7.89. The van der Waals surface area contributed by atoms with Crippen LogP contribution >= 0.6 is 0 Å². The van der Waals surface area contributed by atoms with Crippen LogP contribution < -0.4 is 0 Å². The number of sulfonamides is 1. The summed E-state index contributed by atoms with van der Waals surface area (Å²) >= 11 is 0. The molecule has 1 amide bonds. The molecule has 1 fully saturated rings. The lowest BCUT2D eigenvalue weighted by Gasteiger charge is -2.40. The lowest BCUT2D eigenvalue weighted by Crippen LogP contribution is -2.48. The molecule has 0 radical (unpaired) electrons. The van der Waals surface area contributed by atoms with Crippen molar-refractivity contribution in [3.8, 4) is 0 Å². The topological polar surface area (TPSA) is 124 Å². The van der Waals surface area contributed by atoms with Crippen molar-refractivity contribution >= 4 is 35.7 Å². The van der Waals surface area contributed by atoms with E-state index in [4.69, 9.17) is 4.43 Å². The molecule has 0 bridgehead atoms. The van der Waals surface area contributed by atoms with Crippen molar-refractivity contribution in [2.45, 2.75) is 94.5 Å². The van der Waals surface area contributed by atoms with E-state index in [0.717, 1.165) is 16.4 Å². The molecule has 1 heterocycles. The quantitative estimate of drug-likeness (QED) is 0.230. The molecular weight excluding hydrogens is 536 g/mol. The van der Waals surface area contributed by atoms with E-state index in [-0.39, 0.29) is 30.1 Å². The Morgan fingerprint density at radius 1 is 0.949 bits per heavy atom. The number of carbonyl (C=O) groups excluding carboxylic acids is 2. The van der Waals surface area contributed by atoms with Gasteiger partial charge in [-0.15, -0.1) is 0 Å². The molecule has 0 unspecified atom stereocenters. The summed E-state index contributed by atoms with van der Waals surface area (Å²) < 4.78 is 35.7. The Kier molecular flexibility index (Phi) is 9.50. The highest BCUT2D eigenvalue weighted by atomic mass is 32.2. The molecule has 2 aromatic rings. The molecule has 0 spiro atoms.